The van der Waals surface area contributed by atoms with Crippen molar-refractivity contribution in [3.63, 3.8) is 0 Å². The molecule has 3 aliphatic rings. The highest BCUT2D eigenvalue weighted by molar-refractivity contribution is 7.80. The number of methoxy groups -OCH3 is 2. The molecule has 14 heteroatoms. The summed E-state index contributed by atoms with van der Waals surface area (Å²) in [4.78, 5) is 55.9. The van der Waals surface area contributed by atoms with Crippen molar-refractivity contribution in [3.05, 3.63) is 46.5 Å². The molecule has 4 bridgehead atoms. The van der Waals surface area contributed by atoms with Gasteiger partial charge in [-0.15, -0.1) is 0 Å². The van der Waals surface area contributed by atoms with Gasteiger partial charge in [0.1, 0.15) is 35.1 Å². The van der Waals surface area contributed by atoms with Crippen LogP contribution in [0.5, 0.6) is 5.75 Å². The van der Waals surface area contributed by atoms with Crippen molar-refractivity contribution in [3.8, 4) is 5.75 Å². The van der Waals surface area contributed by atoms with E-state index in [1.54, 1.807) is 32.2 Å². The minimum absolute atomic E-state index is 0.0311. The Balaban J connectivity index is 1.78. The third kappa shape index (κ3) is 8.43. The highest BCUT2D eigenvalue weighted by Crippen LogP contribution is 2.61. The molecule has 0 spiro atoms. The lowest BCUT2D eigenvalue weighted by Crippen LogP contribution is -2.63. The number of likely N-dealkylation sites (N-methyl/N-ethyl adjacent to an activating group) is 1. The first kappa shape index (κ1) is 39.5. The SMILES string of the molecule is COc1cc2cc(c1Cl)N(C)C(=O)C[C@H](OC(=O)[C@H](C)N(C)C(=O)CCS)C1(C)C[C@H]1[C@H](C)[C@@H]1C[C@@](O)(NC(=O)O1)[C@H](OC)/C=C/C=C(\C)C2. The summed E-state index contributed by atoms with van der Waals surface area (Å²) in [6.45, 7) is 7.37. The Bertz CT molecular complexity index is 1540. The Labute approximate surface area is 304 Å². The number of allylic oxidation sites excluding steroid dienone is 3. The molecule has 1 saturated heterocycles. The number of thiol groups is 1. The van der Waals surface area contributed by atoms with Gasteiger partial charge in [-0.25, -0.2) is 9.59 Å². The zero-order chi connectivity index (χ0) is 37.1. The van der Waals surface area contributed by atoms with Gasteiger partial charge in [-0.1, -0.05) is 49.2 Å². The molecule has 50 heavy (non-hydrogen) atoms. The molecule has 1 unspecified atom stereocenters. The first-order chi connectivity index (χ1) is 23.5. The van der Waals surface area contributed by atoms with E-state index in [1.165, 1.54) is 31.1 Å². The van der Waals surface area contributed by atoms with E-state index in [4.69, 9.17) is 30.5 Å². The Morgan fingerprint density at radius 3 is 2.60 bits per heavy atom. The standard InChI is InChI=1S/C36H50ClN3O9S/c1-20-10-9-11-28(47-8)36(45)19-27(48-34(44)38-36)21(2)24-18-35(24,4)29(49-33(43)22(3)39(5)30(41)12-13-50)17-31(42)40(6)25-15-23(14-20)16-26(46-7)32(25)37/h9-11,15-16,21-22,24,27-29,45,50H,12-14,17-19H2,1-8H3,(H,38,44)/b11-9+,20-10+/t21-,22-,24-,27-,28+,29-,35?,36-/m0/s1. The van der Waals surface area contributed by atoms with E-state index in [0.717, 1.165) is 11.1 Å². The summed E-state index contributed by atoms with van der Waals surface area (Å²) in [5.74, 6) is -1.00. The number of ether oxygens (including phenoxy) is 4. The van der Waals surface area contributed by atoms with Gasteiger partial charge in [-0.2, -0.15) is 12.6 Å². The smallest absolute Gasteiger partial charge is 0.409 e. The largest absolute Gasteiger partial charge is 0.495 e. The van der Waals surface area contributed by atoms with Crippen molar-refractivity contribution in [1.29, 1.82) is 0 Å². The summed E-state index contributed by atoms with van der Waals surface area (Å²) in [6.07, 6.45) is 3.06. The van der Waals surface area contributed by atoms with Crippen molar-refractivity contribution in [1.82, 2.24) is 10.2 Å². The number of carbonyl (C=O) groups excluding carboxylic acids is 4. The van der Waals surface area contributed by atoms with Crippen LogP contribution >= 0.6 is 24.2 Å². The fourth-order valence-electron chi connectivity index (χ4n) is 7.05. The molecule has 1 saturated carbocycles. The van der Waals surface area contributed by atoms with Crippen molar-refractivity contribution >= 4 is 53.8 Å². The van der Waals surface area contributed by atoms with Gasteiger partial charge in [0.25, 0.3) is 0 Å². The van der Waals surface area contributed by atoms with E-state index in [0.29, 0.717) is 30.0 Å². The molecule has 0 aromatic heterocycles. The molecule has 1 aromatic carbocycles. The maximum Gasteiger partial charge on any atom is 0.409 e. The van der Waals surface area contributed by atoms with Gasteiger partial charge >= 0.3 is 12.1 Å². The number of fused-ring (bicyclic) bond motifs is 5. The lowest BCUT2D eigenvalue weighted by molar-refractivity contribution is -0.163. The number of amides is 3. The number of alkyl carbamates (subject to hydrolysis) is 1. The number of benzene rings is 1. The summed E-state index contributed by atoms with van der Waals surface area (Å²) in [6, 6.07) is 2.71. The molecule has 276 valence electrons. The molecule has 4 rings (SSSR count). The Morgan fingerprint density at radius 2 is 1.96 bits per heavy atom. The van der Waals surface area contributed by atoms with Gasteiger partial charge in [-0.3, -0.25) is 14.9 Å². The average Bonchev–Trinajstić information content (AvgIpc) is 3.76. The third-order valence-electron chi connectivity index (χ3n) is 10.6. The lowest BCUT2D eigenvalue weighted by atomic mass is 9.83. The first-order valence-corrected chi connectivity index (χ1v) is 17.8. The topological polar surface area (TPSA) is 144 Å². The molecule has 1 aromatic rings. The molecule has 3 amide bonds. The van der Waals surface area contributed by atoms with Gasteiger partial charge in [-0.05, 0) is 62.0 Å². The van der Waals surface area contributed by atoms with Gasteiger partial charge in [0.15, 0.2) is 5.72 Å². The highest BCUT2D eigenvalue weighted by Gasteiger charge is 2.62. The molecular formula is C36H50ClN3O9S. The quantitative estimate of drug-likeness (QED) is 0.268. The van der Waals surface area contributed by atoms with E-state index in [-0.39, 0.29) is 47.9 Å². The molecule has 12 nitrogen and oxygen atoms in total. The van der Waals surface area contributed by atoms with E-state index in [1.807, 2.05) is 32.9 Å². The second-order valence-corrected chi connectivity index (χ2v) is 14.8. The van der Waals surface area contributed by atoms with Crippen LogP contribution in [0.25, 0.3) is 0 Å². The minimum Gasteiger partial charge on any atom is -0.495 e. The zero-order valence-corrected chi connectivity index (χ0v) is 31.7. The number of nitrogens with zero attached hydrogens (tertiary/aromatic N) is 2. The average molecular weight is 736 g/mol. The predicted octanol–water partition coefficient (Wildman–Crippen LogP) is 4.70. The predicted molar refractivity (Wildman–Crippen MR) is 192 cm³/mol. The number of nitrogens with one attached hydrogen (secondary N) is 1. The first-order valence-electron chi connectivity index (χ1n) is 16.8. The second kappa shape index (κ2) is 16.0. The maximum atomic E-state index is 14.1. The number of rotatable bonds is 7. The van der Waals surface area contributed by atoms with Gasteiger partial charge in [0, 0.05) is 39.5 Å². The molecule has 2 fully saturated rings. The van der Waals surface area contributed by atoms with E-state index in [9.17, 15) is 24.3 Å². The van der Waals surface area contributed by atoms with Crippen molar-refractivity contribution in [2.45, 2.75) is 89.9 Å². The van der Waals surface area contributed by atoms with Crippen molar-refractivity contribution in [2.24, 2.45) is 17.3 Å². The summed E-state index contributed by atoms with van der Waals surface area (Å²) in [5, 5.41) is 14.5. The van der Waals surface area contributed by atoms with Crippen LogP contribution in [0.15, 0.2) is 35.9 Å². The van der Waals surface area contributed by atoms with Crippen LogP contribution in [0.1, 0.15) is 58.9 Å². The van der Waals surface area contributed by atoms with Gasteiger partial charge in [0.2, 0.25) is 11.8 Å². The van der Waals surface area contributed by atoms with Crippen LogP contribution in [-0.2, 0) is 35.0 Å². The van der Waals surface area contributed by atoms with Crippen LogP contribution in [0.2, 0.25) is 5.02 Å². The highest BCUT2D eigenvalue weighted by atomic mass is 35.5. The summed E-state index contributed by atoms with van der Waals surface area (Å²) in [5.41, 5.74) is -0.265. The second-order valence-electron chi connectivity index (χ2n) is 14.0. The number of hydrogen-bond donors (Lipinski definition) is 3. The fourth-order valence-corrected chi connectivity index (χ4v) is 7.55. The van der Waals surface area contributed by atoms with Crippen molar-refractivity contribution in [2.75, 3.05) is 39.0 Å². The molecule has 2 N–H and O–H groups in total. The van der Waals surface area contributed by atoms with Crippen LogP contribution in [-0.4, -0.2) is 98.0 Å². The lowest BCUT2D eigenvalue weighted by Gasteiger charge is -2.42. The fraction of sp³-hybridized carbons (Fsp3) is 0.611. The molecule has 2 aliphatic heterocycles. The number of hydrogen-bond acceptors (Lipinski definition) is 10. The number of halogens is 1. The number of carbonyl (C=O) groups is 4. The van der Waals surface area contributed by atoms with Crippen LogP contribution in [0.3, 0.4) is 0 Å². The van der Waals surface area contributed by atoms with Crippen LogP contribution in [0.4, 0.5) is 10.5 Å². The summed E-state index contributed by atoms with van der Waals surface area (Å²) in [7, 11) is 6.10. The third-order valence-corrected chi connectivity index (χ3v) is 11.2. The molecule has 0 radical (unpaired) electrons. The molecule has 8 atom stereocenters. The zero-order valence-electron chi connectivity index (χ0n) is 30.0. The maximum absolute atomic E-state index is 14.1. The van der Waals surface area contributed by atoms with Crippen LogP contribution in [0, 0.1) is 17.3 Å². The van der Waals surface area contributed by atoms with Gasteiger partial charge < -0.3 is 33.9 Å². The number of aliphatic hydroxyl groups is 1. The number of esters is 1. The Morgan fingerprint density at radius 1 is 1.26 bits per heavy atom. The normalized spacial score (nSPS) is 32.3. The van der Waals surface area contributed by atoms with Crippen LogP contribution < -0.4 is 15.0 Å². The summed E-state index contributed by atoms with van der Waals surface area (Å²) >= 11 is 10.9. The van der Waals surface area contributed by atoms with E-state index < -0.39 is 47.6 Å². The minimum atomic E-state index is -1.77. The molecule has 2 heterocycles. The molecule has 1 aliphatic carbocycles. The van der Waals surface area contributed by atoms with Crippen molar-refractivity contribution < 1.29 is 43.2 Å². The number of anilines is 1. The van der Waals surface area contributed by atoms with E-state index >= 15 is 0 Å². The Kier molecular flexibility index (Phi) is 12.6. The Hall–Kier alpha value is -3.26. The van der Waals surface area contributed by atoms with E-state index in [2.05, 4.69) is 17.9 Å². The monoisotopic (exact) mass is 735 g/mol. The van der Waals surface area contributed by atoms with Gasteiger partial charge in [0.05, 0.1) is 19.2 Å². The molecular weight excluding hydrogens is 686 g/mol. The summed E-state index contributed by atoms with van der Waals surface area (Å²) < 4.78 is 23.1.